The smallest absolute Gasteiger partial charge is 0.331 e. The number of halogens is 1. The molecule has 0 aliphatic carbocycles. The predicted octanol–water partition coefficient (Wildman–Crippen LogP) is 1.67. The van der Waals surface area contributed by atoms with Gasteiger partial charge in [-0.25, -0.2) is 18.7 Å². The highest BCUT2D eigenvalue weighted by Gasteiger charge is 2.23. The molecule has 1 aromatic carbocycles. The van der Waals surface area contributed by atoms with Crippen molar-refractivity contribution in [2.24, 2.45) is 7.05 Å². The third kappa shape index (κ3) is 4.54. The van der Waals surface area contributed by atoms with Gasteiger partial charge in [-0.2, -0.15) is 5.10 Å². The van der Waals surface area contributed by atoms with Crippen molar-refractivity contribution in [3.63, 3.8) is 0 Å². The van der Waals surface area contributed by atoms with Crippen LogP contribution in [0.25, 0.3) is 16.8 Å². The molecule has 0 spiro atoms. The molecular weight excluding hydrogens is 451 g/mol. The molecule has 182 valence electrons. The van der Waals surface area contributed by atoms with Crippen molar-refractivity contribution in [1.29, 1.82) is 0 Å². The SMILES string of the molecule is Cc1cc(F)cc(-c2ncnn3cc(Cn4c(=O)ccn(C)c4=O)cc23)c1CC1CNC[C@H](C)O1. The van der Waals surface area contributed by atoms with E-state index in [0.29, 0.717) is 28.8 Å². The third-order valence-electron chi connectivity index (χ3n) is 6.40. The normalized spacial score (nSPS) is 18.3. The van der Waals surface area contributed by atoms with Gasteiger partial charge in [-0.3, -0.25) is 9.36 Å². The Balaban J connectivity index is 1.58. The molecule has 1 saturated heterocycles. The first-order valence-corrected chi connectivity index (χ1v) is 11.5. The molecule has 1 N–H and O–H groups in total. The molecule has 2 atom stereocenters. The van der Waals surface area contributed by atoms with Crippen LogP contribution in [0.5, 0.6) is 0 Å². The lowest BCUT2D eigenvalue weighted by atomic mass is 9.93. The van der Waals surface area contributed by atoms with Gasteiger partial charge in [-0.15, -0.1) is 0 Å². The quantitative estimate of drug-likeness (QED) is 0.469. The molecule has 10 heteroatoms. The summed E-state index contributed by atoms with van der Waals surface area (Å²) in [6, 6.07) is 6.21. The first kappa shape index (κ1) is 23.1. The van der Waals surface area contributed by atoms with Crippen molar-refractivity contribution in [1.82, 2.24) is 29.0 Å². The second kappa shape index (κ2) is 9.20. The molecule has 0 radical (unpaired) electrons. The van der Waals surface area contributed by atoms with E-state index in [9.17, 15) is 14.0 Å². The Hall–Kier alpha value is -3.63. The Morgan fingerprint density at radius 2 is 2.06 bits per heavy atom. The van der Waals surface area contributed by atoms with Crippen LogP contribution in [0.3, 0.4) is 0 Å². The van der Waals surface area contributed by atoms with Crippen LogP contribution >= 0.6 is 0 Å². The Bertz CT molecular complexity index is 1520. The van der Waals surface area contributed by atoms with Crippen LogP contribution in [0.1, 0.15) is 23.6 Å². The van der Waals surface area contributed by atoms with Crippen LogP contribution in [0.4, 0.5) is 4.39 Å². The van der Waals surface area contributed by atoms with Crippen LogP contribution < -0.4 is 16.6 Å². The minimum atomic E-state index is -0.405. The predicted molar refractivity (Wildman–Crippen MR) is 129 cm³/mol. The van der Waals surface area contributed by atoms with E-state index in [-0.39, 0.29) is 30.1 Å². The van der Waals surface area contributed by atoms with E-state index in [1.165, 1.54) is 35.3 Å². The number of ether oxygens (including phenoxy) is 1. The summed E-state index contributed by atoms with van der Waals surface area (Å²) in [7, 11) is 1.60. The summed E-state index contributed by atoms with van der Waals surface area (Å²) in [6.45, 7) is 5.53. The van der Waals surface area contributed by atoms with Gasteiger partial charge in [0.15, 0.2) is 0 Å². The number of hydrogen-bond donors (Lipinski definition) is 1. The van der Waals surface area contributed by atoms with E-state index in [2.05, 4.69) is 15.4 Å². The zero-order chi connectivity index (χ0) is 24.7. The highest BCUT2D eigenvalue weighted by Crippen LogP contribution is 2.31. The molecule has 0 saturated carbocycles. The summed E-state index contributed by atoms with van der Waals surface area (Å²) in [4.78, 5) is 29.3. The molecule has 0 amide bonds. The van der Waals surface area contributed by atoms with E-state index >= 15 is 0 Å². The largest absolute Gasteiger partial charge is 0.372 e. The van der Waals surface area contributed by atoms with Gasteiger partial charge < -0.3 is 14.6 Å². The van der Waals surface area contributed by atoms with Gasteiger partial charge in [0.2, 0.25) is 0 Å². The number of morpholine rings is 1. The monoisotopic (exact) mass is 478 g/mol. The summed E-state index contributed by atoms with van der Waals surface area (Å²) in [5.74, 6) is -0.347. The zero-order valence-electron chi connectivity index (χ0n) is 19.9. The maximum absolute atomic E-state index is 14.6. The van der Waals surface area contributed by atoms with Crippen LogP contribution in [-0.2, 0) is 24.8 Å². The Morgan fingerprint density at radius 1 is 1.23 bits per heavy atom. The van der Waals surface area contributed by atoms with Gasteiger partial charge in [0, 0.05) is 50.6 Å². The third-order valence-corrected chi connectivity index (χ3v) is 6.40. The Kier molecular flexibility index (Phi) is 6.08. The summed E-state index contributed by atoms with van der Waals surface area (Å²) in [5, 5.41) is 7.68. The molecule has 5 rings (SSSR count). The summed E-state index contributed by atoms with van der Waals surface area (Å²) < 4.78 is 24.8. The topological polar surface area (TPSA) is 95.5 Å². The minimum absolute atomic E-state index is 0.0389. The number of nitrogens with one attached hydrogen (secondary N) is 1. The first-order valence-electron chi connectivity index (χ1n) is 11.5. The lowest BCUT2D eigenvalue weighted by molar-refractivity contribution is -0.0262. The molecule has 1 fully saturated rings. The minimum Gasteiger partial charge on any atom is -0.372 e. The van der Waals surface area contributed by atoms with Crippen molar-refractivity contribution in [3.05, 3.63) is 86.3 Å². The van der Waals surface area contributed by atoms with Crippen molar-refractivity contribution in [2.45, 2.75) is 39.0 Å². The molecule has 4 aromatic rings. The molecule has 35 heavy (non-hydrogen) atoms. The van der Waals surface area contributed by atoms with Gasteiger partial charge in [0.05, 0.1) is 30.0 Å². The molecule has 1 unspecified atom stereocenters. The number of fused-ring (bicyclic) bond motifs is 1. The number of hydrogen-bond acceptors (Lipinski definition) is 6. The van der Waals surface area contributed by atoms with E-state index in [4.69, 9.17) is 4.74 Å². The van der Waals surface area contributed by atoms with Gasteiger partial charge in [0.25, 0.3) is 5.56 Å². The number of aromatic nitrogens is 5. The van der Waals surface area contributed by atoms with Crippen molar-refractivity contribution < 1.29 is 9.13 Å². The van der Waals surface area contributed by atoms with Crippen LogP contribution in [0.2, 0.25) is 0 Å². The highest BCUT2D eigenvalue weighted by atomic mass is 19.1. The van der Waals surface area contributed by atoms with Crippen molar-refractivity contribution >= 4 is 5.52 Å². The van der Waals surface area contributed by atoms with E-state index in [1.54, 1.807) is 17.8 Å². The lowest BCUT2D eigenvalue weighted by Crippen LogP contribution is -2.44. The summed E-state index contributed by atoms with van der Waals surface area (Å²) in [5.41, 5.74) is 3.62. The second-order valence-electron chi connectivity index (χ2n) is 9.10. The average molecular weight is 479 g/mol. The molecule has 3 aromatic heterocycles. The number of aryl methyl sites for hydroxylation is 2. The molecule has 1 aliphatic heterocycles. The van der Waals surface area contributed by atoms with E-state index < -0.39 is 5.69 Å². The molecule has 1 aliphatic rings. The average Bonchev–Trinajstić information content (AvgIpc) is 3.24. The van der Waals surface area contributed by atoms with E-state index in [1.807, 2.05) is 19.9 Å². The van der Waals surface area contributed by atoms with Crippen LogP contribution in [0, 0.1) is 12.7 Å². The fourth-order valence-corrected chi connectivity index (χ4v) is 4.69. The van der Waals surface area contributed by atoms with E-state index in [0.717, 1.165) is 28.8 Å². The maximum atomic E-state index is 14.6. The standard InChI is InChI=1S/C25H27FN6O3/c1-15-6-18(26)8-21(20(15)9-19-11-27-10-16(2)35-19)24-22-7-17(13-32(22)29-14-28-24)12-31-23(33)4-5-30(3)25(31)34/h4-8,13-14,16,19,27H,9-12H2,1-3H3/t16-,19?/m0/s1. The molecular formula is C25H27FN6O3. The Morgan fingerprint density at radius 3 is 2.86 bits per heavy atom. The molecule has 9 nitrogen and oxygen atoms in total. The van der Waals surface area contributed by atoms with Gasteiger partial charge in [-0.1, -0.05) is 0 Å². The first-order chi connectivity index (χ1) is 16.8. The van der Waals surface area contributed by atoms with Crippen molar-refractivity contribution in [3.8, 4) is 11.3 Å². The molecule has 0 bridgehead atoms. The number of nitrogens with zero attached hydrogens (tertiary/aromatic N) is 5. The number of benzene rings is 1. The summed E-state index contributed by atoms with van der Waals surface area (Å²) in [6.07, 6.45) is 5.29. The van der Waals surface area contributed by atoms with Gasteiger partial charge >= 0.3 is 5.69 Å². The lowest BCUT2D eigenvalue weighted by Gasteiger charge is -2.29. The van der Waals surface area contributed by atoms with Crippen LogP contribution in [0.15, 0.2) is 52.6 Å². The summed E-state index contributed by atoms with van der Waals surface area (Å²) >= 11 is 0. The van der Waals surface area contributed by atoms with Crippen molar-refractivity contribution in [2.75, 3.05) is 13.1 Å². The van der Waals surface area contributed by atoms with Crippen LogP contribution in [-0.4, -0.2) is 49.0 Å². The van der Waals surface area contributed by atoms with Gasteiger partial charge in [0.1, 0.15) is 12.1 Å². The Labute approximate surface area is 200 Å². The second-order valence-corrected chi connectivity index (χ2v) is 9.10. The molecule has 4 heterocycles. The highest BCUT2D eigenvalue weighted by molar-refractivity contribution is 5.80. The number of rotatable bonds is 5. The fraction of sp³-hybridized carbons (Fsp3) is 0.360. The maximum Gasteiger partial charge on any atom is 0.331 e. The van der Waals surface area contributed by atoms with Gasteiger partial charge in [-0.05, 0) is 48.7 Å². The zero-order valence-corrected chi connectivity index (χ0v) is 19.9. The fourth-order valence-electron chi connectivity index (χ4n) is 4.69.